The number of benzene rings is 2. The average molecular weight is 316 g/mol. The fourth-order valence-electron chi connectivity index (χ4n) is 2.08. The van der Waals surface area contributed by atoms with Crippen LogP contribution in [0.1, 0.15) is 11.1 Å². The molecule has 0 bridgehead atoms. The Kier molecular flexibility index (Phi) is 3.90. The maximum atomic E-state index is 11.0. The van der Waals surface area contributed by atoms with Crippen LogP contribution in [0.3, 0.4) is 0 Å². The van der Waals surface area contributed by atoms with Crippen molar-refractivity contribution in [1.29, 1.82) is 0 Å². The van der Waals surface area contributed by atoms with Gasteiger partial charge in [0.25, 0.3) is 5.69 Å². The number of aromatic nitrogens is 1. The predicted octanol–water partition coefficient (Wildman–Crippen LogP) is 4.81. The summed E-state index contributed by atoms with van der Waals surface area (Å²) in [4.78, 5) is 15.2. The van der Waals surface area contributed by atoms with Crippen LogP contribution in [0.15, 0.2) is 46.8 Å². The molecule has 0 radical (unpaired) electrons. The molecule has 0 saturated carbocycles. The van der Waals surface area contributed by atoms with Gasteiger partial charge in [-0.2, -0.15) is 0 Å². The van der Waals surface area contributed by atoms with Crippen molar-refractivity contribution in [1.82, 2.24) is 4.98 Å². The molecule has 106 valence electrons. The normalized spacial score (nSPS) is 10.9. The van der Waals surface area contributed by atoms with E-state index in [1.165, 1.54) is 0 Å². The number of hydrogen-bond donors (Lipinski definition) is 0. The van der Waals surface area contributed by atoms with Gasteiger partial charge in [-0.3, -0.25) is 10.1 Å². The first-order valence-electron chi connectivity index (χ1n) is 6.36. The van der Waals surface area contributed by atoms with Gasteiger partial charge in [0, 0.05) is 17.4 Å². The molecule has 6 heteroatoms. The summed E-state index contributed by atoms with van der Waals surface area (Å²) in [6.07, 6.45) is 0. The van der Waals surface area contributed by atoms with E-state index < -0.39 is 0 Å². The van der Waals surface area contributed by atoms with Crippen LogP contribution in [0.2, 0.25) is 0 Å². The van der Waals surface area contributed by atoms with Crippen molar-refractivity contribution in [2.24, 2.45) is 0 Å². The number of nitrogens with zero attached hydrogens (tertiary/aromatic N) is 2. The van der Waals surface area contributed by atoms with Gasteiger partial charge in [0.2, 0.25) is 0 Å². The third-order valence-corrected chi connectivity index (χ3v) is 5.47. The van der Waals surface area contributed by atoms with Crippen LogP contribution in [0.25, 0.3) is 10.2 Å². The molecule has 0 amide bonds. The molecule has 3 aromatic rings. The number of fused-ring (bicyclic) bond motifs is 1. The topological polar surface area (TPSA) is 56.0 Å². The zero-order chi connectivity index (χ0) is 14.8. The van der Waals surface area contributed by atoms with Crippen molar-refractivity contribution in [3.8, 4) is 0 Å². The Morgan fingerprint density at radius 1 is 1.24 bits per heavy atom. The lowest BCUT2D eigenvalue weighted by atomic mass is 10.1. The Hall–Kier alpha value is -1.92. The molecule has 0 aliphatic heterocycles. The van der Waals surface area contributed by atoms with Crippen molar-refractivity contribution in [3.63, 3.8) is 0 Å². The number of nitro benzene ring substituents is 1. The number of hydrogen-bond acceptors (Lipinski definition) is 5. The molecule has 0 unspecified atom stereocenters. The van der Waals surface area contributed by atoms with Crippen molar-refractivity contribution in [2.45, 2.75) is 17.0 Å². The van der Waals surface area contributed by atoms with Crippen LogP contribution in [0, 0.1) is 17.0 Å². The van der Waals surface area contributed by atoms with E-state index in [0.717, 1.165) is 25.7 Å². The van der Waals surface area contributed by atoms with Crippen LogP contribution in [0.5, 0.6) is 0 Å². The van der Waals surface area contributed by atoms with E-state index in [0.29, 0.717) is 5.75 Å². The van der Waals surface area contributed by atoms with Crippen LogP contribution < -0.4 is 0 Å². The van der Waals surface area contributed by atoms with Crippen LogP contribution in [-0.4, -0.2) is 9.91 Å². The molecule has 2 aromatic carbocycles. The smallest absolute Gasteiger partial charge is 0.258 e. The second kappa shape index (κ2) is 5.83. The van der Waals surface area contributed by atoms with Gasteiger partial charge in [0.05, 0.1) is 15.1 Å². The molecular weight excluding hydrogens is 304 g/mol. The number of para-hydroxylation sites is 1. The van der Waals surface area contributed by atoms with Gasteiger partial charge in [-0.1, -0.05) is 36.0 Å². The van der Waals surface area contributed by atoms with Crippen molar-refractivity contribution in [3.05, 3.63) is 63.7 Å². The van der Waals surface area contributed by atoms with Gasteiger partial charge >= 0.3 is 0 Å². The van der Waals surface area contributed by atoms with E-state index in [1.807, 2.05) is 24.3 Å². The van der Waals surface area contributed by atoms with Gasteiger partial charge in [0.15, 0.2) is 4.34 Å². The zero-order valence-electron chi connectivity index (χ0n) is 11.3. The first-order valence-corrected chi connectivity index (χ1v) is 8.16. The summed E-state index contributed by atoms with van der Waals surface area (Å²) in [5.74, 6) is 0.688. The first kappa shape index (κ1) is 14.0. The van der Waals surface area contributed by atoms with Crippen molar-refractivity contribution in [2.75, 3.05) is 0 Å². The summed E-state index contributed by atoms with van der Waals surface area (Å²) in [7, 11) is 0. The summed E-state index contributed by atoms with van der Waals surface area (Å²) in [5.41, 5.74) is 2.89. The minimum Gasteiger partial charge on any atom is -0.258 e. The molecule has 0 saturated heterocycles. The van der Waals surface area contributed by atoms with E-state index in [2.05, 4.69) is 11.1 Å². The van der Waals surface area contributed by atoms with E-state index in [-0.39, 0.29) is 10.6 Å². The minimum atomic E-state index is -0.332. The highest BCUT2D eigenvalue weighted by atomic mass is 32.2. The summed E-state index contributed by atoms with van der Waals surface area (Å²) in [6, 6.07) is 13.2. The van der Waals surface area contributed by atoms with E-state index in [1.54, 1.807) is 42.2 Å². The number of thioether (sulfide) groups is 1. The molecule has 21 heavy (non-hydrogen) atoms. The first-order chi connectivity index (χ1) is 10.1. The molecule has 1 heterocycles. The van der Waals surface area contributed by atoms with Gasteiger partial charge in [-0.25, -0.2) is 4.98 Å². The largest absolute Gasteiger partial charge is 0.272 e. The summed E-state index contributed by atoms with van der Waals surface area (Å²) < 4.78 is 2.15. The highest BCUT2D eigenvalue weighted by Crippen LogP contribution is 2.33. The number of nitro groups is 1. The molecule has 0 aliphatic rings. The second-order valence-electron chi connectivity index (χ2n) is 4.55. The van der Waals surface area contributed by atoms with Gasteiger partial charge in [-0.05, 0) is 24.6 Å². The molecule has 0 N–H and O–H groups in total. The lowest BCUT2D eigenvalue weighted by Gasteiger charge is -2.04. The van der Waals surface area contributed by atoms with E-state index in [4.69, 9.17) is 0 Å². The standard InChI is InChI=1S/C15H12N2O2S2/c1-10-11(5-4-7-13(10)17(18)19)9-20-15-16-12-6-2-3-8-14(12)21-15/h2-8H,9H2,1H3. The Morgan fingerprint density at radius 3 is 2.81 bits per heavy atom. The fourth-order valence-corrected chi connectivity index (χ4v) is 4.21. The number of rotatable bonds is 4. The molecule has 0 atom stereocenters. The van der Waals surface area contributed by atoms with E-state index in [9.17, 15) is 10.1 Å². The molecule has 0 aliphatic carbocycles. The maximum absolute atomic E-state index is 11.0. The SMILES string of the molecule is Cc1c(CSc2nc3ccccc3s2)cccc1[N+](=O)[O-]. The summed E-state index contributed by atoms with van der Waals surface area (Å²) in [6.45, 7) is 1.80. The monoisotopic (exact) mass is 316 g/mol. The van der Waals surface area contributed by atoms with Crippen molar-refractivity contribution < 1.29 is 4.92 Å². The molecule has 1 aromatic heterocycles. The van der Waals surface area contributed by atoms with Crippen molar-refractivity contribution >= 4 is 39.0 Å². The summed E-state index contributed by atoms with van der Waals surface area (Å²) >= 11 is 3.27. The van der Waals surface area contributed by atoms with Gasteiger partial charge in [0.1, 0.15) is 0 Å². The Balaban J connectivity index is 1.81. The Morgan fingerprint density at radius 2 is 2.05 bits per heavy atom. The highest BCUT2D eigenvalue weighted by molar-refractivity contribution is 8.00. The van der Waals surface area contributed by atoms with E-state index >= 15 is 0 Å². The lowest BCUT2D eigenvalue weighted by Crippen LogP contribution is -1.95. The summed E-state index contributed by atoms with van der Waals surface area (Å²) in [5, 5.41) is 11.0. The van der Waals surface area contributed by atoms with Crippen LogP contribution >= 0.6 is 23.1 Å². The fraction of sp³-hybridized carbons (Fsp3) is 0.133. The predicted molar refractivity (Wildman–Crippen MR) is 87.0 cm³/mol. The van der Waals surface area contributed by atoms with Crippen LogP contribution in [-0.2, 0) is 5.75 Å². The second-order valence-corrected chi connectivity index (χ2v) is 6.81. The third kappa shape index (κ3) is 2.91. The highest BCUT2D eigenvalue weighted by Gasteiger charge is 2.13. The maximum Gasteiger partial charge on any atom is 0.272 e. The van der Waals surface area contributed by atoms with Gasteiger partial charge < -0.3 is 0 Å². The molecule has 4 nitrogen and oxygen atoms in total. The Bertz CT molecular complexity index is 781. The molecular formula is C15H12N2O2S2. The average Bonchev–Trinajstić information content (AvgIpc) is 2.88. The lowest BCUT2D eigenvalue weighted by molar-refractivity contribution is -0.385. The molecule has 0 spiro atoms. The Labute approximate surface area is 130 Å². The zero-order valence-corrected chi connectivity index (χ0v) is 12.9. The van der Waals surface area contributed by atoms with Crippen LogP contribution in [0.4, 0.5) is 5.69 Å². The molecule has 0 fully saturated rings. The number of thiazole rings is 1. The quantitative estimate of drug-likeness (QED) is 0.394. The van der Waals surface area contributed by atoms with Gasteiger partial charge in [-0.15, -0.1) is 11.3 Å². The minimum absolute atomic E-state index is 0.178. The molecule has 3 rings (SSSR count). The third-order valence-electron chi connectivity index (χ3n) is 3.24.